The third-order valence-corrected chi connectivity index (χ3v) is 5.73. The van der Waals surface area contributed by atoms with Crippen molar-refractivity contribution in [3.05, 3.63) is 59.9 Å². The fraction of sp³-hybridized carbons (Fsp3) is 0.400. The molecule has 0 saturated heterocycles. The number of rotatable bonds is 4. The van der Waals surface area contributed by atoms with Gasteiger partial charge >= 0.3 is 0 Å². The van der Waals surface area contributed by atoms with E-state index >= 15 is 0 Å². The number of hydrogen-bond acceptors (Lipinski definition) is 4. The van der Waals surface area contributed by atoms with Gasteiger partial charge < -0.3 is 10.6 Å². The van der Waals surface area contributed by atoms with Crippen molar-refractivity contribution in [2.24, 2.45) is 0 Å². The van der Waals surface area contributed by atoms with E-state index in [-0.39, 0.29) is 28.7 Å². The van der Waals surface area contributed by atoms with Crippen LogP contribution in [-0.4, -0.2) is 32.9 Å². The highest BCUT2D eigenvalue weighted by Gasteiger charge is 2.52. The Morgan fingerprint density at radius 1 is 0.926 bits per heavy atom. The van der Waals surface area contributed by atoms with E-state index in [1.807, 2.05) is 0 Å². The first-order valence-corrected chi connectivity index (χ1v) is 9.16. The molecule has 2 aliphatic carbocycles. The van der Waals surface area contributed by atoms with Crippen molar-refractivity contribution in [2.45, 2.75) is 49.6 Å². The number of carbonyl (C=O) groups excluding carboxylic acids is 2. The van der Waals surface area contributed by atoms with E-state index in [0.29, 0.717) is 17.7 Å². The van der Waals surface area contributed by atoms with Gasteiger partial charge in [-0.05, 0) is 62.8 Å². The smallest absolute Gasteiger partial charge is 0.271 e. The topological polar surface area (TPSA) is 84.0 Å². The van der Waals surface area contributed by atoms with E-state index in [0.717, 1.165) is 32.1 Å². The monoisotopic (exact) mass is 368 g/mol. The van der Waals surface area contributed by atoms with E-state index in [4.69, 9.17) is 0 Å². The Kier molecular flexibility index (Phi) is 4.37. The number of fused-ring (bicyclic) bond motifs is 2. The van der Waals surface area contributed by atoms with E-state index in [1.165, 1.54) is 42.9 Å². The third-order valence-electron chi connectivity index (χ3n) is 5.73. The largest absolute Gasteiger partial charge is 0.347 e. The number of carbonyl (C=O) groups is 2. The molecule has 2 saturated carbocycles. The molecule has 2 unspecified atom stereocenters. The maximum Gasteiger partial charge on any atom is 0.271 e. The highest BCUT2D eigenvalue weighted by molar-refractivity contribution is 5.95. The molecular formula is C20H21FN4O2. The summed E-state index contributed by atoms with van der Waals surface area (Å²) in [6, 6.07) is 5.55. The average Bonchev–Trinajstić information content (AvgIpc) is 2.92. The van der Waals surface area contributed by atoms with Gasteiger partial charge in [-0.15, -0.1) is 0 Å². The van der Waals surface area contributed by atoms with Crippen molar-refractivity contribution in [2.75, 3.05) is 0 Å². The second-order valence-corrected chi connectivity index (χ2v) is 7.60. The van der Waals surface area contributed by atoms with Gasteiger partial charge in [0.15, 0.2) is 0 Å². The van der Waals surface area contributed by atoms with E-state index in [9.17, 15) is 14.0 Å². The van der Waals surface area contributed by atoms with Crippen LogP contribution in [0, 0.1) is 5.82 Å². The van der Waals surface area contributed by atoms with E-state index in [1.54, 1.807) is 0 Å². The zero-order chi connectivity index (χ0) is 18.9. The Hall–Kier alpha value is -2.83. The predicted molar refractivity (Wildman–Crippen MR) is 96.5 cm³/mol. The van der Waals surface area contributed by atoms with Gasteiger partial charge in [0, 0.05) is 29.0 Å². The Balaban J connectivity index is 1.47. The second-order valence-electron chi connectivity index (χ2n) is 7.60. The zero-order valence-corrected chi connectivity index (χ0v) is 14.9. The van der Waals surface area contributed by atoms with E-state index in [2.05, 4.69) is 20.6 Å². The second kappa shape index (κ2) is 6.72. The standard InChI is InChI=1S/C20H21FN4O2/c21-15-4-2-14(3-5-15)17(26)24-19-6-1-7-20(13-19,9-8-19)25-18(27)16-12-22-10-11-23-16/h2-5,10-12H,1,6-9,13H2,(H,24,26)(H,25,27). The molecule has 1 aromatic carbocycles. The molecule has 2 fully saturated rings. The summed E-state index contributed by atoms with van der Waals surface area (Å²) in [4.78, 5) is 33.2. The molecule has 2 aliphatic rings. The van der Waals surface area contributed by atoms with Crippen LogP contribution in [0.5, 0.6) is 0 Å². The zero-order valence-electron chi connectivity index (χ0n) is 14.9. The number of nitrogens with zero attached hydrogens (tertiary/aromatic N) is 2. The molecule has 0 spiro atoms. The number of hydrogen-bond donors (Lipinski definition) is 2. The van der Waals surface area contributed by atoms with Gasteiger partial charge in [-0.1, -0.05) is 0 Å². The fourth-order valence-corrected chi connectivity index (χ4v) is 4.47. The Morgan fingerprint density at radius 3 is 2.22 bits per heavy atom. The van der Waals surface area contributed by atoms with Crippen molar-refractivity contribution < 1.29 is 14.0 Å². The van der Waals surface area contributed by atoms with Gasteiger partial charge in [0.2, 0.25) is 0 Å². The van der Waals surface area contributed by atoms with E-state index < -0.39 is 0 Å². The van der Waals surface area contributed by atoms with Crippen molar-refractivity contribution in [3.63, 3.8) is 0 Å². The molecule has 2 bridgehead atoms. The van der Waals surface area contributed by atoms with Crippen LogP contribution in [0.3, 0.4) is 0 Å². The van der Waals surface area contributed by atoms with Gasteiger partial charge in [-0.2, -0.15) is 0 Å². The van der Waals surface area contributed by atoms with Gasteiger partial charge in [0.25, 0.3) is 11.8 Å². The maximum absolute atomic E-state index is 13.1. The minimum atomic E-state index is -0.367. The van der Waals surface area contributed by atoms with Crippen LogP contribution in [0.15, 0.2) is 42.9 Å². The van der Waals surface area contributed by atoms with Crippen LogP contribution in [0.4, 0.5) is 4.39 Å². The predicted octanol–water partition coefficient (Wildman–Crippen LogP) is 2.62. The van der Waals surface area contributed by atoms with Crippen molar-refractivity contribution in [1.82, 2.24) is 20.6 Å². The molecule has 0 aliphatic heterocycles. The molecule has 0 radical (unpaired) electrons. The summed E-state index contributed by atoms with van der Waals surface area (Å²) in [7, 11) is 0. The minimum Gasteiger partial charge on any atom is -0.347 e. The van der Waals surface area contributed by atoms with Crippen molar-refractivity contribution in [3.8, 4) is 0 Å². The molecule has 4 rings (SSSR count). The summed E-state index contributed by atoms with van der Waals surface area (Å²) in [5.74, 6) is -0.799. The number of benzene rings is 1. The SMILES string of the molecule is O=C(NC12CCCC(NC(=O)c3cnccn3)(CC1)C2)c1ccc(F)cc1. The Bertz CT molecular complexity index is 858. The van der Waals surface area contributed by atoms with Crippen molar-refractivity contribution >= 4 is 11.8 Å². The first kappa shape index (κ1) is 17.6. The number of nitrogens with one attached hydrogen (secondary N) is 2. The summed E-state index contributed by atoms with van der Waals surface area (Å²) >= 11 is 0. The maximum atomic E-state index is 13.1. The lowest BCUT2D eigenvalue weighted by molar-refractivity contribution is 0.0829. The molecule has 1 aromatic heterocycles. The molecule has 2 amide bonds. The highest BCUT2D eigenvalue weighted by Crippen LogP contribution is 2.48. The first-order valence-electron chi connectivity index (χ1n) is 9.16. The molecule has 2 N–H and O–H groups in total. The fourth-order valence-electron chi connectivity index (χ4n) is 4.47. The molecule has 2 atom stereocenters. The molecular weight excluding hydrogens is 347 g/mol. The van der Waals surface area contributed by atoms with Gasteiger partial charge in [-0.25, -0.2) is 9.37 Å². The average molecular weight is 368 g/mol. The van der Waals surface area contributed by atoms with Crippen LogP contribution < -0.4 is 10.6 Å². The minimum absolute atomic E-state index is 0.201. The lowest BCUT2D eigenvalue weighted by Crippen LogP contribution is -2.55. The third kappa shape index (κ3) is 3.54. The van der Waals surface area contributed by atoms with Crippen LogP contribution >= 0.6 is 0 Å². The number of aromatic nitrogens is 2. The van der Waals surface area contributed by atoms with Gasteiger partial charge in [-0.3, -0.25) is 14.6 Å². The van der Waals surface area contributed by atoms with Crippen LogP contribution in [-0.2, 0) is 0 Å². The van der Waals surface area contributed by atoms with Crippen LogP contribution in [0.2, 0.25) is 0 Å². The molecule has 6 nitrogen and oxygen atoms in total. The molecule has 27 heavy (non-hydrogen) atoms. The normalized spacial score (nSPS) is 26.4. The Labute approximate surface area is 156 Å². The molecule has 2 aromatic rings. The van der Waals surface area contributed by atoms with Gasteiger partial charge in [0.1, 0.15) is 11.5 Å². The van der Waals surface area contributed by atoms with Crippen LogP contribution in [0.25, 0.3) is 0 Å². The quantitative estimate of drug-likeness (QED) is 0.869. The van der Waals surface area contributed by atoms with Gasteiger partial charge in [0.05, 0.1) is 6.20 Å². The molecule has 7 heteroatoms. The highest BCUT2D eigenvalue weighted by atomic mass is 19.1. The molecule has 140 valence electrons. The van der Waals surface area contributed by atoms with Crippen LogP contribution in [0.1, 0.15) is 59.4 Å². The summed E-state index contributed by atoms with van der Waals surface area (Å²) in [6.07, 6.45) is 9.46. The molecule has 1 heterocycles. The summed E-state index contributed by atoms with van der Waals surface area (Å²) in [5, 5.41) is 6.30. The summed E-state index contributed by atoms with van der Waals surface area (Å²) in [6.45, 7) is 0. The number of halogens is 1. The summed E-state index contributed by atoms with van der Waals surface area (Å²) < 4.78 is 13.1. The number of amides is 2. The lowest BCUT2D eigenvalue weighted by Gasteiger charge is -2.40. The summed E-state index contributed by atoms with van der Waals surface area (Å²) in [5.41, 5.74) is 0.0743. The van der Waals surface area contributed by atoms with Crippen molar-refractivity contribution in [1.29, 1.82) is 0 Å². The Morgan fingerprint density at radius 2 is 1.59 bits per heavy atom. The lowest BCUT2D eigenvalue weighted by atomic mass is 9.78. The first-order chi connectivity index (χ1) is 13.0.